The molecule has 0 aromatic heterocycles. The van der Waals surface area contributed by atoms with Crippen LogP contribution in [0.2, 0.25) is 0 Å². The first-order valence-electron chi connectivity index (χ1n) is 27.0. The van der Waals surface area contributed by atoms with Crippen LogP contribution < -0.4 is 0 Å². The second-order valence-corrected chi connectivity index (χ2v) is 17.0. The third-order valence-corrected chi connectivity index (χ3v) is 10.5. The molecule has 0 aromatic carbocycles. The molecule has 0 N–H and O–H groups in total. The van der Waals surface area contributed by atoms with Crippen LogP contribution in [0.1, 0.15) is 201 Å². The van der Waals surface area contributed by atoms with Crippen LogP contribution in [0.5, 0.6) is 0 Å². The third-order valence-electron chi connectivity index (χ3n) is 10.5. The molecule has 0 heterocycles. The van der Waals surface area contributed by atoms with E-state index in [2.05, 4.69) is 179 Å². The lowest BCUT2D eigenvalue weighted by atomic mass is 10.1. The van der Waals surface area contributed by atoms with E-state index in [-0.39, 0.29) is 44.0 Å². The smallest absolute Gasteiger partial charge is 0.306 e. The quantitative estimate of drug-likeness (QED) is 0.0262. The number of carbonyl (C=O) groups is 3. The van der Waals surface area contributed by atoms with E-state index in [0.29, 0.717) is 19.3 Å². The monoisotopic (exact) mass is 949 g/mol. The molecule has 0 aliphatic rings. The Bertz CT molecular complexity index is 1610. The van der Waals surface area contributed by atoms with E-state index in [1.54, 1.807) is 0 Å². The number of hydrogen-bond donors (Lipinski definition) is 0. The van der Waals surface area contributed by atoms with Crippen molar-refractivity contribution in [1.29, 1.82) is 0 Å². The SMILES string of the molecule is CC/C=C\C/C=C\C/C=C\C/C=C\C/C=C\C/C=C\C/C=C\C/C=C\C/C=C\C/C=C\CCCCC(=O)OCC(COC(=O)CCCCCCC)OC(=O)CCCCC/C=C\C/C=C\C/C=C\CC. The molecule has 0 saturated carbocycles. The second-order valence-electron chi connectivity index (χ2n) is 17.0. The molecule has 0 fully saturated rings. The van der Waals surface area contributed by atoms with Crippen molar-refractivity contribution in [3.05, 3.63) is 158 Å². The van der Waals surface area contributed by atoms with Crippen LogP contribution >= 0.6 is 0 Å². The van der Waals surface area contributed by atoms with Gasteiger partial charge in [-0.05, 0) is 128 Å². The number of rotatable bonds is 46. The highest BCUT2D eigenvalue weighted by Gasteiger charge is 2.19. The fourth-order valence-electron chi connectivity index (χ4n) is 6.54. The van der Waals surface area contributed by atoms with Crippen molar-refractivity contribution < 1.29 is 28.6 Å². The van der Waals surface area contributed by atoms with Crippen molar-refractivity contribution in [2.45, 2.75) is 207 Å². The highest BCUT2D eigenvalue weighted by atomic mass is 16.6. The molecule has 0 spiro atoms. The molecule has 69 heavy (non-hydrogen) atoms. The highest BCUT2D eigenvalue weighted by Crippen LogP contribution is 2.11. The minimum absolute atomic E-state index is 0.111. The Labute approximate surface area is 422 Å². The largest absolute Gasteiger partial charge is 0.462 e. The first-order valence-corrected chi connectivity index (χ1v) is 27.0. The summed E-state index contributed by atoms with van der Waals surface area (Å²) in [4.78, 5) is 37.6. The zero-order valence-corrected chi connectivity index (χ0v) is 43.8. The Hall–Kier alpha value is -4.97. The summed E-state index contributed by atoms with van der Waals surface area (Å²) in [6.45, 7) is 6.22. The van der Waals surface area contributed by atoms with Crippen LogP contribution in [0.4, 0.5) is 0 Å². The Morgan fingerprint density at radius 2 is 0.565 bits per heavy atom. The lowest BCUT2D eigenvalue weighted by molar-refractivity contribution is -0.167. The van der Waals surface area contributed by atoms with Crippen molar-refractivity contribution in [3.63, 3.8) is 0 Å². The Balaban J connectivity index is 4.22. The summed E-state index contributed by atoms with van der Waals surface area (Å²) >= 11 is 0. The maximum absolute atomic E-state index is 12.7. The van der Waals surface area contributed by atoms with Crippen molar-refractivity contribution in [1.82, 2.24) is 0 Å². The van der Waals surface area contributed by atoms with Crippen molar-refractivity contribution in [2.75, 3.05) is 13.2 Å². The molecule has 0 amide bonds. The van der Waals surface area contributed by atoms with E-state index in [1.807, 2.05) is 0 Å². The third kappa shape index (κ3) is 53.8. The second kappa shape index (κ2) is 55.6. The lowest BCUT2D eigenvalue weighted by Gasteiger charge is -2.18. The highest BCUT2D eigenvalue weighted by molar-refractivity contribution is 5.71. The summed E-state index contributed by atoms with van der Waals surface area (Å²) in [6.07, 6.45) is 81.4. The summed E-state index contributed by atoms with van der Waals surface area (Å²) in [5.74, 6) is -1.02. The van der Waals surface area contributed by atoms with Crippen LogP contribution in [0, 0.1) is 0 Å². The zero-order chi connectivity index (χ0) is 50.0. The van der Waals surface area contributed by atoms with Gasteiger partial charge in [0.1, 0.15) is 13.2 Å². The molecule has 1 unspecified atom stereocenters. The fraction of sp³-hybridized carbons (Fsp3) is 0.540. The van der Waals surface area contributed by atoms with Crippen LogP contribution in [-0.2, 0) is 28.6 Å². The Kier molecular flexibility index (Phi) is 51.6. The fourth-order valence-corrected chi connectivity index (χ4v) is 6.54. The number of esters is 3. The minimum atomic E-state index is -0.813. The summed E-state index contributed by atoms with van der Waals surface area (Å²) in [5, 5.41) is 0. The molecule has 6 nitrogen and oxygen atoms in total. The van der Waals surface area contributed by atoms with Crippen LogP contribution in [0.25, 0.3) is 0 Å². The standard InChI is InChI=1S/C63H96O6/c1-4-7-10-13-15-17-19-21-22-23-24-25-26-27-28-29-30-31-32-33-34-35-36-37-38-39-40-42-43-45-47-50-53-56-62(65)68-59-60(58-67-61(64)55-52-49-12-9-6-3)69-63(66)57-54-51-48-46-44-41-20-18-16-14-11-8-5-2/h7-8,10-11,15-18,21-22,24-25,27-28,30-31,33-34,36-37,39-41,43-45,60H,4-6,9,12-14,19-20,23,26,29,32,35,38,42,46-59H2,1-3H3/b10-7-,11-8-,17-15-,18-16-,22-21-,25-24-,28-27-,31-30-,34-33-,37-36-,40-39-,44-41-,45-43-. The van der Waals surface area contributed by atoms with Crippen molar-refractivity contribution in [2.24, 2.45) is 0 Å². The van der Waals surface area contributed by atoms with Gasteiger partial charge in [-0.1, -0.05) is 211 Å². The molecule has 0 rings (SSSR count). The molecule has 0 bridgehead atoms. The van der Waals surface area contributed by atoms with Gasteiger partial charge in [-0.2, -0.15) is 0 Å². The van der Waals surface area contributed by atoms with Crippen LogP contribution in [0.3, 0.4) is 0 Å². The summed E-state index contributed by atoms with van der Waals surface area (Å²) < 4.78 is 16.6. The molecular weight excluding hydrogens is 853 g/mol. The van der Waals surface area contributed by atoms with E-state index in [1.165, 1.54) is 0 Å². The van der Waals surface area contributed by atoms with E-state index < -0.39 is 6.10 Å². The predicted octanol–water partition coefficient (Wildman–Crippen LogP) is 18.2. The van der Waals surface area contributed by atoms with Gasteiger partial charge >= 0.3 is 17.9 Å². The molecule has 0 radical (unpaired) electrons. The van der Waals surface area contributed by atoms with E-state index >= 15 is 0 Å². The number of unbranched alkanes of at least 4 members (excludes halogenated alkanes) is 9. The molecule has 1 atom stereocenters. The van der Waals surface area contributed by atoms with Gasteiger partial charge in [0.15, 0.2) is 6.10 Å². The van der Waals surface area contributed by atoms with E-state index in [9.17, 15) is 14.4 Å². The number of carbonyl (C=O) groups excluding carboxylic acids is 3. The molecular formula is C63H96O6. The van der Waals surface area contributed by atoms with Gasteiger partial charge in [-0.15, -0.1) is 0 Å². The Morgan fingerprint density at radius 1 is 0.304 bits per heavy atom. The first kappa shape index (κ1) is 64.0. The first-order chi connectivity index (χ1) is 34.0. The predicted molar refractivity (Wildman–Crippen MR) is 297 cm³/mol. The molecule has 0 saturated heterocycles. The zero-order valence-electron chi connectivity index (χ0n) is 43.8. The van der Waals surface area contributed by atoms with Crippen molar-refractivity contribution >= 4 is 17.9 Å². The average molecular weight is 949 g/mol. The van der Waals surface area contributed by atoms with Gasteiger partial charge in [0, 0.05) is 19.3 Å². The maximum atomic E-state index is 12.7. The van der Waals surface area contributed by atoms with Gasteiger partial charge in [0.25, 0.3) is 0 Å². The molecule has 0 aliphatic carbocycles. The van der Waals surface area contributed by atoms with Crippen molar-refractivity contribution in [3.8, 4) is 0 Å². The topological polar surface area (TPSA) is 78.9 Å². The van der Waals surface area contributed by atoms with E-state index in [0.717, 1.165) is 148 Å². The normalized spacial score (nSPS) is 13.4. The van der Waals surface area contributed by atoms with Crippen LogP contribution in [-0.4, -0.2) is 37.2 Å². The number of ether oxygens (including phenoxy) is 3. The summed E-state index contributed by atoms with van der Waals surface area (Å²) in [7, 11) is 0. The molecule has 0 aliphatic heterocycles. The molecule has 6 heteroatoms. The Morgan fingerprint density at radius 3 is 0.899 bits per heavy atom. The lowest BCUT2D eigenvalue weighted by Crippen LogP contribution is -2.30. The number of allylic oxidation sites excluding steroid dienone is 26. The molecule has 384 valence electrons. The molecule has 0 aromatic rings. The average Bonchev–Trinajstić information content (AvgIpc) is 3.35. The van der Waals surface area contributed by atoms with Gasteiger partial charge in [-0.3, -0.25) is 14.4 Å². The van der Waals surface area contributed by atoms with Gasteiger partial charge in [0.05, 0.1) is 0 Å². The van der Waals surface area contributed by atoms with Gasteiger partial charge in [0.2, 0.25) is 0 Å². The van der Waals surface area contributed by atoms with E-state index in [4.69, 9.17) is 14.2 Å². The van der Waals surface area contributed by atoms with Crippen LogP contribution in [0.15, 0.2) is 158 Å². The maximum Gasteiger partial charge on any atom is 0.306 e. The summed E-state index contributed by atoms with van der Waals surface area (Å²) in [5.41, 5.74) is 0. The summed E-state index contributed by atoms with van der Waals surface area (Å²) in [6, 6.07) is 0. The minimum Gasteiger partial charge on any atom is -0.462 e. The number of hydrogen-bond acceptors (Lipinski definition) is 6. The van der Waals surface area contributed by atoms with Gasteiger partial charge < -0.3 is 14.2 Å². The van der Waals surface area contributed by atoms with Gasteiger partial charge in [-0.25, -0.2) is 0 Å².